The molecule has 0 unspecified atom stereocenters. The first-order valence-corrected chi connectivity index (χ1v) is 8.93. The molecule has 0 fully saturated rings. The van der Waals surface area contributed by atoms with Gasteiger partial charge in [0.05, 0.1) is 19.3 Å². The molecule has 1 amide bonds. The summed E-state index contributed by atoms with van der Waals surface area (Å²) in [5.41, 5.74) is 0.854. The number of methoxy groups -OCH3 is 1. The summed E-state index contributed by atoms with van der Waals surface area (Å²) in [6.45, 7) is 0.219. The minimum Gasteiger partial charge on any atom is -0.496 e. The molecule has 0 radical (unpaired) electrons. The predicted molar refractivity (Wildman–Crippen MR) is 105 cm³/mol. The molecular formula is C21H20FN3O4. The SMILES string of the molecule is COc1ccccc1-c1ccc(=O)n(CC(=O)NCCOc2ccc(F)cc2)n1. The molecular weight excluding hydrogens is 377 g/mol. The minimum absolute atomic E-state index is 0.209. The number of rotatable bonds is 8. The van der Waals surface area contributed by atoms with Gasteiger partial charge in [-0.1, -0.05) is 12.1 Å². The Bertz CT molecular complexity index is 1030. The maximum absolute atomic E-state index is 12.8. The van der Waals surface area contributed by atoms with E-state index >= 15 is 0 Å². The van der Waals surface area contributed by atoms with E-state index in [4.69, 9.17) is 9.47 Å². The third-order valence-corrected chi connectivity index (χ3v) is 4.05. The second-order valence-corrected chi connectivity index (χ2v) is 6.07. The first-order valence-electron chi connectivity index (χ1n) is 8.93. The summed E-state index contributed by atoms with van der Waals surface area (Å²) in [7, 11) is 1.55. The summed E-state index contributed by atoms with van der Waals surface area (Å²) in [5.74, 6) is 0.397. The molecule has 0 spiro atoms. The number of ether oxygens (including phenoxy) is 2. The number of para-hydroxylation sites is 1. The number of carbonyl (C=O) groups excluding carboxylic acids is 1. The molecule has 29 heavy (non-hydrogen) atoms. The summed E-state index contributed by atoms with van der Waals surface area (Å²) < 4.78 is 24.7. The van der Waals surface area contributed by atoms with E-state index in [1.807, 2.05) is 18.2 Å². The number of hydrogen-bond donors (Lipinski definition) is 1. The normalized spacial score (nSPS) is 10.4. The molecule has 0 aliphatic rings. The highest BCUT2D eigenvalue weighted by Gasteiger charge is 2.10. The van der Waals surface area contributed by atoms with E-state index in [0.717, 1.165) is 10.2 Å². The van der Waals surface area contributed by atoms with Crippen LogP contribution < -0.4 is 20.3 Å². The Labute approximate surface area is 166 Å². The van der Waals surface area contributed by atoms with E-state index in [2.05, 4.69) is 10.4 Å². The fraction of sp³-hybridized carbons (Fsp3) is 0.190. The van der Waals surface area contributed by atoms with Crippen LogP contribution in [-0.4, -0.2) is 35.9 Å². The van der Waals surface area contributed by atoms with Crippen molar-refractivity contribution >= 4 is 5.91 Å². The van der Waals surface area contributed by atoms with Gasteiger partial charge in [0.2, 0.25) is 5.91 Å². The third kappa shape index (κ3) is 5.41. The standard InChI is InChI=1S/C21H20FN3O4/c1-28-19-5-3-2-4-17(19)18-10-11-21(27)25(24-18)14-20(26)23-12-13-29-16-8-6-15(22)7-9-16/h2-11H,12-14H2,1H3,(H,23,26). The molecule has 0 saturated carbocycles. The third-order valence-electron chi connectivity index (χ3n) is 4.05. The van der Waals surface area contributed by atoms with Gasteiger partial charge in [0, 0.05) is 11.6 Å². The second-order valence-electron chi connectivity index (χ2n) is 6.07. The fourth-order valence-electron chi connectivity index (χ4n) is 2.64. The molecule has 7 nitrogen and oxygen atoms in total. The number of hydrogen-bond acceptors (Lipinski definition) is 5. The van der Waals surface area contributed by atoms with E-state index in [-0.39, 0.29) is 37.0 Å². The van der Waals surface area contributed by atoms with Crippen molar-refractivity contribution in [3.63, 3.8) is 0 Å². The van der Waals surface area contributed by atoms with E-state index in [0.29, 0.717) is 17.2 Å². The average molecular weight is 397 g/mol. The smallest absolute Gasteiger partial charge is 0.267 e. The van der Waals surface area contributed by atoms with Crippen LogP contribution in [0.3, 0.4) is 0 Å². The second kappa shape index (κ2) is 9.50. The molecule has 0 aliphatic heterocycles. The summed E-state index contributed by atoms with van der Waals surface area (Å²) in [6.07, 6.45) is 0. The lowest BCUT2D eigenvalue weighted by atomic mass is 10.1. The molecule has 2 aromatic carbocycles. The fourth-order valence-corrected chi connectivity index (χ4v) is 2.64. The number of carbonyl (C=O) groups is 1. The van der Waals surface area contributed by atoms with Gasteiger partial charge in [-0.05, 0) is 42.5 Å². The van der Waals surface area contributed by atoms with Crippen LogP contribution in [0.5, 0.6) is 11.5 Å². The molecule has 1 N–H and O–H groups in total. The molecule has 3 aromatic rings. The first kappa shape index (κ1) is 20.1. The zero-order chi connectivity index (χ0) is 20.6. The lowest BCUT2D eigenvalue weighted by molar-refractivity contribution is -0.122. The largest absolute Gasteiger partial charge is 0.496 e. The number of halogens is 1. The van der Waals surface area contributed by atoms with Crippen LogP contribution in [0, 0.1) is 5.82 Å². The predicted octanol–water partition coefficient (Wildman–Crippen LogP) is 2.25. The molecule has 1 heterocycles. The number of amides is 1. The van der Waals surface area contributed by atoms with Crippen molar-refractivity contribution < 1.29 is 18.7 Å². The molecule has 0 saturated heterocycles. The van der Waals surface area contributed by atoms with Crippen LogP contribution in [0.25, 0.3) is 11.3 Å². The van der Waals surface area contributed by atoms with Crippen LogP contribution >= 0.6 is 0 Å². The topological polar surface area (TPSA) is 82.5 Å². The van der Waals surface area contributed by atoms with E-state index < -0.39 is 0 Å². The van der Waals surface area contributed by atoms with E-state index in [9.17, 15) is 14.0 Å². The van der Waals surface area contributed by atoms with Gasteiger partial charge in [-0.2, -0.15) is 5.10 Å². The first-order chi connectivity index (χ1) is 14.1. The summed E-state index contributed by atoms with van der Waals surface area (Å²) >= 11 is 0. The van der Waals surface area contributed by atoms with Gasteiger partial charge in [-0.25, -0.2) is 9.07 Å². The maximum atomic E-state index is 12.8. The molecule has 0 bridgehead atoms. The molecule has 3 rings (SSSR count). The van der Waals surface area contributed by atoms with Crippen LogP contribution in [0.15, 0.2) is 65.5 Å². The van der Waals surface area contributed by atoms with Crippen LogP contribution in [0.2, 0.25) is 0 Å². The van der Waals surface area contributed by atoms with Gasteiger partial charge < -0.3 is 14.8 Å². The van der Waals surface area contributed by atoms with Crippen LogP contribution in [0.1, 0.15) is 0 Å². The van der Waals surface area contributed by atoms with Crippen molar-refractivity contribution in [1.29, 1.82) is 0 Å². The molecule has 0 aliphatic carbocycles. The van der Waals surface area contributed by atoms with Gasteiger partial charge in [-0.3, -0.25) is 9.59 Å². The Hall–Kier alpha value is -3.68. The zero-order valence-corrected chi connectivity index (χ0v) is 15.8. The molecule has 150 valence electrons. The van der Waals surface area contributed by atoms with Gasteiger partial charge in [0.25, 0.3) is 5.56 Å². The van der Waals surface area contributed by atoms with Crippen molar-refractivity contribution in [3.05, 3.63) is 76.8 Å². The van der Waals surface area contributed by atoms with Crippen LogP contribution in [0.4, 0.5) is 4.39 Å². The van der Waals surface area contributed by atoms with Crippen molar-refractivity contribution in [2.45, 2.75) is 6.54 Å². The monoisotopic (exact) mass is 397 g/mol. The van der Waals surface area contributed by atoms with E-state index in [1.165, 1.54) is 30.3 Å². The number of aromatic nitrogens is 2. The minimum atomic E-state index is -0.388. The zero-order valence-electron chi connectivity index (χ0n) is 15.8. The molecule has 0 atom stereocenters. The molecule has 8 heteroatoms. The van der Waals surface area contributed by atoms with Crippen molar-refractivity contribution in [2.75, 3.05) is 20.3 Å². The van der Waals surface area contributed by atoms with Gasteiger partial charge in [0.1, 0.15) is 30.5 Å². The van der Waals surface area contributed by atoms with Gasteiger partial charge in [0.15, 0.2) is 0 Å². The Morgan fingerprint density at radius 1 is 1.10 bits per heavy atom. The van der Waals surface area contributed by atoms with Gasteiger partial charge in [-0.15, -0.1) is 0 Å². The summed E-state index contributed by atoms with van der Waals surface area (Å²) in [4.78, 5) is 24.2. The average Bonchev–Trinajstić information content (AvgIpc) is 2.74. The van der Waals surface area contributed by atoms with E-state index in [1.54, 1.807) is 19.2 Å². The lowest BCUT2D eigenvalue weighted by Crippen LogP contribution is -2.35. The Balaban J connectivity index is 1.58. The van der Waals surface area contributed by atoms with Gasteiger partial charge >= 0.3 is 0 Å². The summed E-state index contributed by atoms with van der Waals surface area (Å²) in [5, 5.41) is 6.93. The quantitative estimate of drug-likeness (QED) is 0.590. The molecule has 1 aromatic heterocycles. The summed E-state index contributed by atoms with van der Waals surface area (Å²) in [6, 6.07) is 15.8. The lowest BCUT2D eigenvalue weighted by Gasteiger charge is -2.11. The van der Waals surface area contributed by atoms with Crippen LogP contribution in [-0.2, 0) is 11.3 Å². The highest BCUT2D eigenvalue weighted by atomic mass is 19.1. The van der Waals surface area contributed by atoms with Crippen molar-refractivity contribution in [2.24, 2.45) is 0 Å². The number of nitrogens with one attached hydrogen (secondary N) is 1. The maximum Gasteiger partial charge on any atom is 0.267 e. The number of benzene rings is 2. The van der Waals surface area contributed by atoms with Crippen molar-refractivity contribution in [3.8, 4) is 22.8 Å². The highest BCUT2D eigenvalue weighted by molar-refractivity contribution is 5.75. The number of nitrogens with zero attached hydrogens (tertiary/aromatic N) is 2. The Morgan fingerprint density at radius 3 is 2.62 bits per heavy atom. The van der Waals surface area contributed by atoms with Crippen molar-refractivity contribution in [1.82, 2.24) is 15.1 Å². The highest BCUT2D eigenvalue weighted by Crippen LogP contribution is 2.27. The Kier molecular flexibility index (Phi) is 6.57. The Morgan fingerprint density at radius 2 is 1.86 bits per heavy atom.